The Balaban J connectivity index is 0.000000847. The Hall–Kier alpha value is -2.30. The summed E-state index contributed by atoms with van der Waals surface area (Å²) >= 11 is 0. The summed E-state index contributed by atoms with van der Waals surface area (Å²) in [7, 11) is 0. The minimum Gasteiger partial charge on any atom is -0.296 e. The van der Waals surface area contributed by atoms with Crippen LogP contribution in [0.5, 0.6) is 0 Å². The van der Waals surface area contributed by atoms with Gasteiger partial charge in [0, 0.05) is 17.5 Å². The third kappa shape index (κ3) is 2.26. The van der Waals surface area contributed by atoms with Gasteiger partial charge in [-0.1, -0.05) is 38.1 Å². The number of ketones is 2. The summed E-state index contributed by atoms with van der Waals surface area (Å²) in [6, 6.07) is 6.59. The minimum atomic E-state index is -1.15. The van der Waals surface area contributed by atoms with Crippen LogP contribution in [-0.2, 0) is 9.59 Å². The molecule has 3 rings (SSSR count). The zero-order valence-corrected chi connectivity index (χ0v) is 12.9. The molecule has 1 unspecified atom stereocenters. The van der Waals surface area contributed by atoms with E-state index in [1.807, 2.05) is 13.8 Å². The number of hydrogen-bond acceptors (Lipinski definition) is 4. The van der Waals surface area contributed by atoms with Gasteiger partial charge in [0.25, 0.3) is 0 Å². The van der Waals surface area contributed by atoms with Crippen molar-refractivity contribution >= 4 is 23.4 Å². The molecule has 0 aromatic heterocycles. The van der Waals surface area contributed by atoms with E-state index >= 15 is 0 Å². The maximum Gasteiger partial charge on any atom is 0.233 e. The highest BCUT2D eigenvalue weighted by Gasteiger charge is 2.54. The number of piperidine rings is 1. The van der Waals surface area contributed by atoms with Gasteiger partial charge in [0.1, 0.15) is 0 Å². The molecule has 1 aromatic carbocycles. The first-order valence-electron chi connectivity index (χ1n) is 7.47. The Kier molecular flexibility index (Phi) is 4.26. The minimum absolute atomic E-state index is 0.148. The van der Waals surface area contributed by atoms with E-state index in [-0.39, 0.29) is 30.3 Å². The van der Waals surface area contributed by atoms with Crippen LogP contribution in [0, 0.1) is 11.3 Å². The first kappa shape index (κ1) is 16.1. The smallest absolute Gasteiger partial charge is 0.233 e. The first-order chi connectivity index (χ1) is 10.4. The van der Waals surface area contributed by atoms with Gasteiger partial charge in [-0.05, 0) is 13.3 Å². The van der Waals surface area contributed by atoms with E-state index in [0.717, 1.165) is 0 Å². The summed E-state index contributed by atoms with van der Waals surface area (Å²) in [6.07, 6.45) is 0.365. The van der Waals surface area contributed by atoms with Gasteiger partial charge in [0.15, 0.2) is 11.6 Å². The Morgan fingerprint density at radius 1 is 1.00 bits per heavy atom. The van der Waals surface area contributed by atoms with Crippen LogP contribution in [0.2, 0.25) is 0 Å². The van der Waals surface area contributed by atoms with Crippen LogP contribution in [0.15, 0.2) is 24.3 Å². The second kappa shape index (κ2) is 5.83. The van der Waals surface area contributed by atoms with Crippen LogP contribution in [0.1, 0.15) is 54.3 Å². The van der Waals surface area contributed by atoms with E-state index in [9.17, 15) is 19.2 Å². The Morgan fingerprint density at radius 2 is 1.50 bits per heavy atom. The Bertz CT molecular complexity index is 629. The Morgan fingerprint density at radius 3 is 1.95 bits per heavy atom. The predicted molar refractivity (Wildman–Crippen MR) is 80.4 cm³/mol. The van der Waals surface area contributed by atoms with Crippen molar-refractivity contribution in [3.63, 3.8) is 0 Å². The number of benzene rings is 1. The number of Topliss-reactive ketones (excluding diaryl/α,β-unsaturated/α-hetero) is 2. The molecule has 0 bridgehead atoms. The number of imide groups is 1. The molecule has 1 aromatic rings. The fourth-order valence-electron chi connectivity index (χ4n) is 3.02. The number of nitrogens with one attached hydrogen (secondary N) is 1. The van der Waals surface area contributed by atoms with Crippen LogP contribution in [-0.4, -0.2) is 23.4 Å². The van der Waals surface area contributed by atoms with E-state index < -0.39 is 17.2 Å². The second-order valence-electron chi connectivity index (χ2n) is 5.50. The van der Waals surface area contributed by atoms with E-state index in [2.05, 4.69) is 5.32 Å². The van der Waals surface area contributed by atoms with Gasteiger partial charge >= 0.3 is 0 Å². The zero-order valence-electron chi connectivity index (χ0n) is 12.9. The molecule has 5 heteroatoms. The maximum absolute atomic E-state index is 12.5. The maximum atomic E-state index is 12.5. The predicted octanol–water partition coefficient (Wildman–Crippen LogP) is 2.15. The van der Waals surface area contributed by atoms with E-state index in [4.69, 9.17) is 0 Å². The average molecular weight is 301 g/mol. The SMILES string of the molecule is CC.CC1(C2C(=O)c3ccccc3C2=O)CCC(=O)NC1=O. The molecule has 1 N–H and O–H groups in total. The number of amides is 2. The molecule has 22 heavy (non-hydrogen) atoms. The van der Waals surface area contributed by atoms with Crippen molar-refractivity contribution in [1.29, 1.82) is 0 Å². The summed E-state index contributed by atoms with van der Waals surface area (Å²) in [5.74, 6) is -2.56. The molecule has 2 amide bonds. The normalized spacial score (nSPS) is 24.5. The van der Waals surface area contributed by atoms with Crippen molar-refractivity contribution in [3.05, 3.63) is 35.4 Å². The third-order valence-corrected chi connectivity index (χ3v) is 4.26. The van der Waals surface area contributed by atoms with Crippen molar-refractivity contribution in [2.75, 3.05) is 0 Å². The van der Waals surface area contributed by atoms with Crippen molar-refractivity contribution in [2.24, 2.45) is 11.3 Å². The standard InChI is InChI=1S/C15H13NO4.C2H6/c1-15(7-6-10(17)16-14(15)20)11-12(18)8-4-2-3-5-9(8)13(11)19;1-2/h2-5,11H,6-7H2,1H3,(H,16,17,20);1-2H3. The lowest BCUT2D eigenvalue weighted by atomic mass is 9.69. The highest BCUT2D eigenvalue weighted by molar-refractivity contribution is 6.28. The molecule has 5 nitrogen and oxygen atoms in total. The van der Waals surface area contributed by atoms with Gasteiger partial charge in [-0.25, -0.2) is 0 Å². The summed E-state index contributed by atoms with van der Waals surface area (Å²) < 4.78 is 0. The van der Waals surface area contributed by atoms with Gasteiger partial charge < -0.3 is 0 Å². The van der Waals surface area contributed by atoms with Crippen LogP contribution in [0.25, 0.3) is 0 Å². The largest absolute Gasteiger partial charge is 0.296 e. The molecule has 0 radical (unpaired) electrons. The zero-order chi connectivity index (χ0) is 16.5. The van der Waals surface area contributed by atoms with Crippen LogP contribution >= 0.6 is 0 Å². The fraction of sp³-hybridized carbons (Fsp3) is 0.412. The van der Waals surface area contributed by atoms with Gasteiger partial charge in [-0.2, -0.15) is 0 Å². The number of rotatable bonds is 1. The highest BCUT2D eigenvalue weighted by Crippen LogP contribution is 2.43. The third-order valence-electron chi connectivity index (χ3n) is 4.26. The highest BCUT2D eigenvalue weighted by atomic mass is 16.2. The fourth-order valence-corrected chi connectivity index (χ4v) is 3.02. The summed E-state index contributed by atoms with van der Waals surface area (Å²) in [6.45, 7) is 5.58. The molecule has 116 valence electrons. The summed E-state index contributed by atoms with van der Waals surface area (Å²) in [5.41, 5.74) is -0.414. The van der Waals surface area contributed by atoms with Crippen molar-refractivity contribution < 1.29 is 19.2 Å². The molecule has 1 fully saturated rings. The van der Waals surface area contributed by atoms with Crippen LogP contribution < -0.4 is 5.32 Å². The number of hydrogen-bond donors (Lipinski definition) is 1. The van der Waals surface area contributed by atoms with Crippen molar-refractivity contribution in [2.45, 2.75) is 33.6 Å². The van der Waals surface area contributed by atoms with Crippen LogP contribution in [0.3, 0.4) is 0 Å². The monoisotopic (exact) mass is 301 g/mol. The quantitative estimate of drug-likeness (QED) is 0.636. The molecule has 1 heterocycles. The first-order valence-corrected chi connectivity index (χ1v) is 7.47. The van der Waals surface area contributed by atoms with Crippen molar-refractivity contribution in [1.82, 2.24) is 5.32 Å². The molecule has 2 aliphatic rings. The van der Waals surface area contributed by atoms with Gasteiger partial charge in [0.2, 0.25) is 11.8 Å². The molecular formula is C17H19NO4. The number of fused-ring (bicyclic) bond motifs is 1. The van der Waals surface area contributed by atoms with E-state index in [0.29, 0.717) is 11.1 Å². The van der Waals surface area contributed by atoms with E-state index in [1.54, 1.807) is 31.2 Å². The molecular weight excluding hydrogens is 282 g/mol. The lowest BCUT2D eigenvalue weighted by Crippen LogP contribution is -2.53. The van der Waals surface area contributed by atoms with Gasteiger partial charge in [0.05, 0.1) is 11.3 Å². The summed E-state index contributed by atoms with van der Waals surface area (Å²) in [4.78, 5) is 48.3. The van der Waals surface area contributed by atoms with E-state index in [1.165, 1.54) is 0 Å². The number of carbonyl (C=O) groups excluding carboxylic acids is 4. The molecule has 1 atom stereocenters. The molecule has 1 aliphatic heterocycles. The van der Waals surface area contributed by atoms with Crippen molar-refractivity contribution in [3.8, 4) is 0 Å². The van der Waals surface area contributed by atoms with Gasteiger partial charge in [-0.15, -0.1) is 0 Å². The Labute approximate surface area is 129 Å². The molecule has 0 saturated carbocycles. The number of carbonyl (C=O) groups is 4. The van der Waals surface area contributed by atoms with Crippen LogP contribution in [0.4, 0.5) is 0 Å². The molecule has 0 spiro atoms. The molecule has 1 aliphatic carbocycles. The van der Waals surface area contributed by atoms with Gasteiger partial charge in [-0.3, -0.25) is 24.5 Å². The topological polar surface area (TPSA) is 80.3 Å². The lowest BCUT2D eigenvalue weighted by Gasteiger charge is -2.34. The second-order valence-corrected chi connectivity index (χ2v) is 5.50. The molecule has 1 saturated heterocycles. The average Bonchev–Trinajstić information content (AvgIpc) is 2.78. The summed E-state index contributed by atoms with van der Waals surface area (Å²) in [5, 5.41) is 2.23. The lowest BCUT2D eigenvalue weighted by molar-refractivity contribution is -0.142.